The van der Waals surface area contributed by atoms with Crippen LogP contribution < -0.4 is 10.9 Å². The van der Waals surface area contributed by atoms with Crippen LogP contribution in [-0.4, -0.2) is 16.3 Å². The molecule has 0 bridgehead atoms. The zero-order valence-electron chi connectivity index (χ0n) is 17.7. The van der Waals surface area contributed by atoms with Crippen LogP contribution in [0.1, 0.15) is 52.2 Å². The summed E-state index contributed by atoms with van der Waals surface area (Å²) in [7, 11) is 0. The molecule has 0 saturated heterocycles. The van der Waals surface area contributed by atoms with Crippen LogP contribution in [0.5, 0.6) is 0 Å². The van der Waals surface area contributed by atoms with E-state index in [4.69, 9.17) is 0 Å². The highest BCUT2D eigenvalue weighted by molar-refractivity contribution is 6.07. The molecule has 1 amide bonds. The van der Waals surface area contributed by atoms with Crippen molar-refractivity contribution in [3.63, 3.8) is 0 Å². The van der Waals surface area contributed by atoms with E-state index in [9.17, 15) is 18.8 Å². The molecule has 1 aliphatic rings. The number of amides is 1. The molecule has 0 fully saturated rings. The number of rotatable bonds is 3. The van der Waals surface area contributed by atoms with Gasteiger partial charge in [-0.2, -0.15) is 0 Å². The summed E-state index contributed by atoms with van der Waals surface area (Å²) < 4.78 is 15.5. The topological polar surface area (TPSA) is 68.2 Å². The van der Waals surface area contributed by atoms with E-state index < -0.39 is 17.3 Å². The third-order valence-electron chi connectivity index (χ3n) is 5.55. The second-order valence-corrected chi connectivity index (χ2v) is 8.77. The highest BCUT2D eigenvalue weighted by atomic mass is 19.1. The fraction of sp³-hybridized carbons (Fsp3) is 0.240. The van der Waals surface area contributed by atoms with Gasteiger partial charge in [0.1, 0.15) is 11.4 Å². The van der Waals surface area contributed by atoms with Crippen molar-refractivity contribution < 1.29 is 14.0 Å². The van der Waals surface area contributed by atoms with Crippen molar-refractivity contribution >= 4 is 17.4 Å². The molecule has 0 atom stereocenters. The van der Waals surface area contributed by atoms with Crippen molar-refractivity contribution in [2.45, 2.75) is 33.6 Å². The number of para-hydroxylation sites is 1. The lowest BCUT2D eigenvalue weighted by Crippen LogP contribution is -2.37. The van der Waals surface area contributed by atoms with Gasteiger partial charge < -0.3 is 5.32 Å². The highest BCUT2D eigenvalue weighted by Gasteiger charge is 2.35. The molecule has 1 aliphatic carbocycles. The largest absolute Gasteiger partial charge is 0.319 e. The molecule has 31 heavy (non-hydrogen) atoms. The second-order valence-electron chi connectivity index (χ2n) is 8.77. The standard InChI is InChI=1S/C25H23FN2O3/c1-15-8-10-16(11-9-15)28-21-13-25(2,3)14-22(29)17(21)12-18(24(28)31)23(30)27-20-7-5-4-6-19(20)26/h4-12H,13-14H2,1-3H3,(H,27,30). The summed E-state index contributed by atoms with van der Waals surface area (Å²) in [5.41, 5.74) is 1.49. The zero-order valence-corrected chi connectivity index (χ0v) is 17.7. The smallest absolute Gasteiger partial charge is 0.268 e. The maximum absolute atomic E-state index is 14.0. The number of aryl methyl sites for hydroxylation is 1. The Balaban J connectivity index is 1.91. The first-order chi connectivity index (χ1) is 14.7. The van der Waals surface area contributed by atoms with Gasteiger partial charge in [-0.3, -0.25) is 19.0 Å². The number of hydrogen-bond acceptors (Lipinski definition) is 3. The minimum absolute atomic E-state index is 0.0287. The first-order valence-electron chi connectivity index (χ1n) is 10.1. The number of carbonyl (C=O) groups is 2. The van der Waals surface area contributed by atoms with E-state index in [1.807, 2.05) is 32.9 Å². The molecule has 1 N–H and O–H groups in total. The summed E-state index contributed by atoms with van der Waals surface area (Å²) >= 11 is 0. The summed E-state index contributed by atoms with van der Waals surface area (Å²) in [5.74, 6) is -1.48. The lowest BCUT2D eigenvalue weighted by atomic mass is 9.75. The minimum atomic E-state index is -0.753. The van der Waals surface area contributed by atoms with E-state index in [0.29, 0.717) is 29.8 Å². The second kappa shape index (κ2) is 7.61. The van der Waals surface area contributed by atoms with Gasteiger partial charge >= 0.3 is 0 Å². The Labute approximate surface area is 179 Å². The monoisotopic (exact) mass is 418 g/mol. The number of nitrogens with one attached hydrogen (secondary N) is 1. The number of fused-ring (bicyclic) bond motifs is 1. The van der Waals surface area contributed by atoms with Gasteiger partial charge in [0.25, 0.3) is 11.5 Å². The van der Waals surface area contributed by atoms with Crippen LogP contribution in [0.4, 0.5) is 10.1 Å². The summed E-state index contributed by atoms with van der Waals surface area (Å²) in [5, 5.41) is 2.45. The third-order valence-corrected chi connectivity index (χ3v) is 5.55. The van der Waals surface area contributed by atoms with Gasteiger partial charge in [0, 0.05) is 23.4 Å². The molecular weight excluding hydrogens is 395 g/mol. The number of benzene rings is 2. The Morgan fingerprint density at radius 3 is 2.39 bits per heavy atom. The van der Waals surface area contributed by atoms with Crippen molar-refractivity contribution in [1.29, 1.82) is 0 Å². The Kier molecular flexibility index (Phi) is 5.09. The number of Topliss-reactive ketones (excluding diaryl/α,β-unsaturated/α-hetero) is 1. The number of pyridine rings is 1. The van der Waals surface area contributed by atoms with Gasteiger partial charge in [0.05, 0.1) is 5.69 Å². The van der Waals surface area contributed by atoms with Gasteiger partial charge in [0.2, 0.25) is 0 Å². The molecule has 2 aromatic carbocycles. The van der Waals surface area contributed by atoms with Crippen LogP contribution in [0.15, 0.2) is 59.4 Å². The molecule has 0 saturated carbocycles. The fourth-order valence-electron chi connectivity index (χ4n) is 4.00. The third kappa shape index (κ3) is 3.93. The maximum Gasteiger partial charge on any atom is 0.268 e. The van der Waals surface area contributed by atoms with E-state index in [-0.39, 0.29) is 22.4 Å². The molecule has 0 unspecified atom stereocenters. The number of aromatic nitrogens is 1. The number of halogens is 1. The van der Waals surface area contributed by atoms with Gasteiger partial charge in [-0.05, 0) is 49.1 Å². The Morgan fingerprint density at radius 2 is 1.71 bits per heavy atom. The number of hydrogen-bond donors (Lipinski definition) is 1. The van der Waals surface area contributed by atoms with E-state index in [1.54, 1.807) is 18.2 Å². The molecule has 3 aromatic rings. The van der Waals surface area contributed by atoms with E-state index in [1.165, 1.54) is 28.8 Å². The molecule has 158 valence electrons. The first-order valence-corrected chi connectivity index (χ1v) is 10.1. The molecule has 1 aromatic heterocycles. The Hall–Kier alpha value is -3.54. The summed E-state index contributed by atoms with van der Waals surface area (Å²) in [6, 6.07) is 14.4. The van der Waals surface area contributed by atoms with Gasteiger partial charge in [-0.25, -0.2) is 4.39 Å². The molecule has 0 aliphatic heterocycles. The lowest BCUT2D eigenvalue weighted by molar-refractivity contribution is 0.0909. The molecular formula is C25H23FN2O3. The number of nitrogens with zero attached hydrogens (tertiary/aromatic N) is 1. The van der Waals surface area contributed by atoms with Crippen molar-refractivity contribution in [3.8, 4) is 5.69 Å². The number of carbonyl (C=O) groups excluding carboxylic acids is 2. The summed E-state index contributed by atoms with van der Waals surface area (Å²) in [6.07, 6.45) is 0.840. The van der Waals surface area contributed by atoms with Crippen molar-refractivity contribution in [2.24, 2.45) is 5.41 Å². The van der Waals surface area contributed by atoms with Crippen LogP contribution in [-0.2, 0) is 6.42 Å². The van der Waals surface area contributed by atoms with Gasteiger partial charge in [-0.15, -0.1) is 0 Å². The van der Waals surface area contributed by atoms with Gasteiger partial charge in [0.15, 0.2) is 5.78 Å². The van der Waals surface area contributed by atoms with Crippen molar-refractivity contribution in [2.75, 3.05) is 5.32 Å². The summed E-state index contributed by atoms with van der Waals surface area (Å²) in [6.45, 7) is 5.90. The Bertz CT molecular complexity index is 1260. The molecule has 4 rings (SSSR count). The highest BCUT2D eigenvalue weighted by Crippen LogP contribution is 2.35. The zero-order chi connectivity index (χ0) is 22.3. The lowest BCUT2D eigenvalue weighted by Gasteiger charge is -2.32. The predicted molar refractivity (Wildman–Crippen MR) is 118 cm³/mol. The van der Waals surface area contributed by atoms with Crippen LogP contribution in [0, 0.1) is 18.2 Å². The quantitative estimate of drug-likeness (QED) is 0.671. The molecule has 5 nitrogen and oxygen atoms in total. The van der Waals surface area contributed by atoms with E-state index in [2.05, 4.69) is 5.32 Å². The average molecular weight is 418 g/mol. The van der Waals surface area contributed by atoms with Crippen LogP contribution >= 0.6 is 0 Å². The van der Waals surface area contributed by atoms with Crippen LogP contribution in [0.25, 0.3) is 5.69 Å². The molecule has 6 heteroatoms. The van der Waals surface area contributed by atoms with Crippen molar-refractivity contribution in [1.82, 2.24) is 4.57 Å². The average Bonchev–Trinajstić information content (AvgIpc) is 2.69. The molecule has 0 radical (unpaired) electrons. The summed E-state index contributed by atoms with van der Waals surface area (Å²) in [4.78, 5) is 39.3. The fourth-order valence-corrected chi connectivity index (χ4v) is 4.00. The minimum Gasteiger partial charge on any atom is -0.319 e. The normalized spacial score (nSPS) is 14.8. The Morgan fingerprint density at radius 1 is 1.03 bits per heavy atom. The van der Waals surface area contributed by atoms with Crippen LogP contribution in [0.2, 0.25) is 0 Å². The number of anilines is 1. The SMILES string of the molecule is Cc1ccc(-n2c3c(cc(C(=O)Nc4ccccc4F)c2=O)C(=O)CC(C)(C)C3)cc1. The molecule has 0 spiro atoms. The van der Waals surface area contributed by atoms with E-state index in [0.717, 1.165) is 5.56 Å². The van der Waals surface area contributed by atoms with E-state index >= 15 is 0 Å². The predicted octanol–water partition coefficient (Wildman–Crippen LogP) is 4.69. The molecule has 1 heterocycles. The van der Waals surface area contributed by atoms with Crippen LogP contribution in [0.3, 0.4) is 0 Å². The van der Waals surface area contributed by atoms with Crippen molar-refractivity contribution in [3.05, 3.63) is 93.2 Å². The van der Waals surface area contributed by atoms with Gasteiger partial charge in [-0.1, -0.05) is 43.7 Å². The maximum atomic E-state index is 14.0. The number of ketones is 1. The first kappa shape index (κ1) is 20.7.